The predicted octanol–water partition coefficient (Wildman–Crippen LogP) is 6.80. The number of ether oxygens (including phenoxy) is 4. The summed E-state index contributed by atoms with van der Waals surface area (Å²) in [5.41, 5.74) is 6.04. The molecule has 0 saturated carbocycles. The van der Waals surface area contributed by atoms with Crippen molar-refractivity contribution in [2.24, 2.45) is 0 Å². The Labute approximate surface area is 325 Å². The molecule has 5 aromatic rings. The molecule has 0 aliphatic rings. The normalized spacial score (nSPS) is 12.2. The fraction of sp³-hybridized carbons (Fsp3) is 0.436. The van der Waals surface area contributed by atoms with Crippen LogP contribution in [0.4, 0.5) is 4.79 Å². The number of carbonyl (C=O) groups excluding carboxylic acids is 2. The molecule has 0 amide bonds. The minimum atomic E-state index is -1.26. The fourth-order valence-electron chi connectivity index (χ4n) is 5.73. The molecule has 2 N–H and O–H groups in total. The molecule has 0 aliphatic heterocycles. The van der Waals surface area contributed by atoms with Gasteiger partial charge in [-0.15, -0.1) is 15.2 Å². The van der Waals surface area contributed by atoms with Gasteiger partial charge < -0.3 is 18.9 Å². The Morgan fingerprint density at radius 3 is 2.38 bits per heavy atom. The standard InChI is InChI=1S/C39H50N9O8/c1-9-52-36-40-32-18-14-17-31(33(32)47(36)25-27-19-21-28(22-20-27)29-15-10-11-16-30(29)34-41-43-44-42-34)35(49)54-26(2)55-37(50)56-39(6,7)23-12-13-24-53-45-48(51)46(8)38(3,4)5/h10-11,14-22,26H,9,12-13,23-25H2,1-8H3,(H,45,51)(H,41,42,43,44)/q+1. The van der Waals surface area contributed by atoms with Crippen LogP contribution in [0.1, 0.15) is 83.7 Å². The molecule has 0 fully saturated rings. The number of imidazole rings is 1. The largest absolute Gasteiger partial charge is 0.511 e. The van der Waals surface area contributed by atoms with E-state index >= 15 is 0 Å². The molecule has 3 aromatic carbocycles. The van der Waals surface area contributed by atoms with Crippen LogP contribution in [0.25, 0.3) is 33.5 Å². The lowest BCUT2D eigenvalue weighted by molar-refractivity contribution is -0.795. The minimum Gasteiger partial charge on any atom is -0.465 e. The van der Waals surface area contributed by atoms with Gasteiger partial charge in [0.15, 0.2) is 0 Å². The number of para-hydroxylation sites is 1. The van der Waals surface area contributed by atoms with Gasteiger partial charge in [-0.25, -0.2) is 14.4 Å². The number of esters is 1. The molecular weight excluding hydrogens is 722 g/mol. The second-order valence-corrected chi connectivity index (χ2v) is 14.6. The number of nitrogens with one attached hydrogen (secondary N) is 2. The van der Waals surface area contributed by atoms with Gasteiger partial charge in [-0.2, -0.15) is 10.2 Å². The third kappa shape index (κ3) is 10.6. The summed E-state index contributed by atoms with van der Waals surface area (Å²) in [7, 11) is 1.66. The summed E-state index contributed by atoms with van der Waals surface area (Å²) in [6, 6.07) is 21.3. The maximum absolute atomic E-state index is 13.6. The number of hydrazine groups is 2. The fourth-order valence-corrected chi connectivity index (χ4v) is 5.73. The molecule has 1 unspecified atom stereocenters. The van der Waals surface area contributed by atoms with Gasteiger partial charge in [0.1, 0.15) is 5.60 Å². The van der Waals surface area contributed by atoms with Gasteiger partial charge >= 0.3 is 12.1 Å². The molecule has 0 radical (unpaired) electrons. The average molecular weight is 773 g/mol. The minimum absolute atomic E-state index is 0.220. The maximum atomic E-state index is 13.6. The van der Waals surface area contributed by atoms with Crippen LogP contribution in [0, 0.1) is 4.91 Å². The molecule has 56 heavy (non-hydrogen) atoms. The molecule has 17 heteroatoms. The van der Waals surface area contributed by atoms with E-state index < -0.39 is 24.0 Å². The van der Waals surface area contributed by atoms with E-state index in [0.717, 1.165) is 22.3 Å². The van der Waals surface area contributed by atoms with Crippen molar-refractivity contribution in [3.63, 3.8) is 0 Å². The highest BCUT2D eigenvalue weighted by Crippen LogP contribution is 2.31. The first kappa shape index (κ1) is 41.1. The number of hydrogen-bond donors (Lipinski definition) is 2. The molecule has 5 rings (SSSR count). The highest BCUT2D eigenvalue weighted by atomic mass is 16.8. The van der Waals surface area contributed by atoms with Gasteiger partial charge in [-0.05, 0) is 94.8 Å². The summed E-state index contributed by atoms with van der Waals surface area (Å²) in [5, 5.41) is 15.9. The Balaban J connectivity index is 1.19. The van der Waals surface area contributed by atoms with E-state index in [2.05, 4.69) is 31.2 Å². The van der Waals surface area contributed by atoms with Crippen LogP contribution in [-0.4, -0.2) is 90.0 Å². The number of nitroso groups, excluding NO2 is 1. The number of fused-ring (bicyclic) bond motifs is 1. The second kappa shape index (κ2) is 18.0. The summed E-state index contributed by atoms with van der Waals surface area (Å²) in [6.45, 7) is 13.5. The number of benzene rings is 3. The predicted molar refractivity (Wildman–Crippen MR) is 206 cm³/mol. The average Bonchev–Trinajstić information content (AvgIpc) is 3.81. The van der Waals surface area contributed by atoms with Crippen LogP contribution in [0.5, 0.6) is 6.01 Å². The van der Waals surface area contributed by atoms with E-state index in [1.54, 1.807) is 39.1 Å². The van der Waals surface area contributed by atoms with Gasteiger partial charge in [0.2, 0.25) is 12.1 Å². The van der Waals surface area contributed by atoms with Crippen molar-refractivity contribution in [3.8, 4) is 28.5 Å². The SMILES string of the molecule is CCOc1nc2cccc(C(=O)OC(C)OC(=O)OC(C)(C)CCCCON[N+](=O)N(C)C(C)(C)C)c2n1Cc1ccc(-c2ccccc2-c2nn[nH]n2)cc1. The number of aromatic nitrogens is 6. The Morgan fingerprint density at radius 1 is 0.964 bits per heavy atom. The molecule has 0 saturated heterocycles. The van der Waals surface area contributed by atoms with Crippen LogP contribution in [0.2, 0.25) is 0 Å². The van der Waals surface area contributed by atoms with E-state index in [-0.39, 0.29) is 17.7 Å². The lowest BCUT2D eigenvalue weighted by Gasteiger charge is -2.25. The van der Waals surface area contributed by atoms with Gasteiger partial charge in [0, 0.05) is 18.1 Å². The quantitative estimate of drug-likeness (QED) is 0.0311. The first-order chi connectivity index (χ1) is 26.7. The van der Waals surface area contributed by atoms with Crippen LogP contribution in [0.3, 0.4) is 0 Å². The van der Waals surface area contributed by atoms with Crippen molar-refractivity contribution in [2.45, 2.75) is 91.7 Å². The van der Waals surface area contributed by atoms with Crippen molar-refractivity contribution in [3.05, 3.63) is 82.8 Å². The Bertz CT molecular complexity index is 2090. The zero-order chi connectivity index (χ0) is 40.5. The van der Waals surface area contributed by atoms with E-state index in [1.807, 2.05) is 80.8 Å². The Hall–Kier alpha value is -6.10. The second-order valence-electron chi connectivity index (χ2n) is 14.6. The zero-order valence-corrected chi connectivity index (χ0v) is 33.1. The number of carbonyl (C=O) groups is 2. The topological polar surface area (TPSA) is 188 Å². The molecule has 17 nitrogen and oxygen atoms in total. The molecule has 0 aliphatic carbocycles. The van der Waals surface area contributed by atoms with Crippen LogP contribution in [0.15, 0.2) is 66.7 Å². The Kier molecular flexibility index (Phi) is 13.2. The smallest absolute Gasteiger partial charge is 0.465 e. The van der Waals surface area contributed by atoms with Gasteiger partial charge in [-0.3, -0.25) is 4.57 Å². The lowest BCUT2D eigenvalue weighted by atomic mass is 9.98. The van der Waals surface area contributed by atoms with Crippen LogP contribution < -0.4 is 10.3 Å². The van der Waals surface area contributed by atoms with Crippen molar-refractivity contribution in [2.75, 3.05) is 20.3 Å². The molecule has 1 atom stereocenters. The summed E-state index contributed by atoms with van der Waals surface area (Å²) in [5.74, 6) is -0.218. The molecule has 0 bridgehead atoms. The zero-order valence-electron chi connectivity index (χ0n) is 33.1. The van der Waals surface area contributed by atoms with Crippen molar-refractivity contribution in [1.29, 1.82) is 0 Å². The van der Waals surface area contributed by atoms with Crippen molar-refractivity contribution in [1.82, 2.24) is 40.8 Å². The number of unbranched alkanes of at least 4 members (excludes halogenated alkanes) is 1. The number of hydrogen-bond acceptors (Lipinski definition) is 12. The molecular formula is C39H50N9O8+. The van der Waals surface area contributed by atoms with Crippen LogP contribution >= 0.6 is 0 Å². The summed E-state index contributed by atoms with van der Waals surface area (Å²) < 4.78 is 24.2. The van der Waals surface area contributed by atoms with Gasteiger partial charge in [0.05, 0.1) is 53.8 Å². The number of rotatable bonds is 18. The van der Waals surface area contributed by atoms with Crippen molar-refractivity contribution >= 4 is 23.2 Å². The number of aromatic amines is 1. The monoisotopic (exact) mass is 772 g/mol. The van der Waals surface area contributed by atoms with Gasteiger partial charge in [0.25, 0.3) is 11.0 Å². The first-order valence-corrected chi connectivity index (χ1v) is 18.4. The van der Waals surface area contributed by atoms with Gasteiger partial charge in [-0.1, -0.05) is 54.6 Å². The third-order valence-corrected chi connectivity index (χ3v) is 8.90. The van der Waals surface area contributed by atoms with Crippen molar-refractivity contribution < 1.29 is 38.4 Å². The summed E-state index contributed by atoms with van der Waals surface area (Å²) >= 11 is 0. The molecule has 2 heterocycles. The first-order valence-electron chi connectivity index (χ1n) is 18.4. The summed E-state index contributed by atoms with van der Waals surface area (Å²) in [4.78, 5) is 48.9. The maximum Gasteiger partial charge on any atom is 0.511 e. The molecule has 298 valence electrons. The lowest BCUT2D eigenvalue weighted by Crippen LogP contribution is -2.49. The third-order valence-electron chi connectivity index (χ3n) is 8.90. The number of nitrogens with zero attached hydrogens (tertiary/aromatic N) is 7. The van der Waals surface area contributed by atoms with E-state index in [0.29, 0.717) is 60.3 Å². The highest BCUT2D eigenvalue weighted by molar-refractivity contribution is 6.02. The Morgan fingerprint density at radius 2 is 1.70 bits per heavy atom. The number of tetrazole rings is 1. The van der Waals surface area contributed by atoms with E-state index in [9.17, 15) is 14.5 Å². The van der Waals surface area contributed by atoms with E-state index in [4.69, 9.17) is 23.8 Å². The number of H-pyrrole nitrogens is 1. The van der Waals surface area contributed by atoms with Crippen LogP contribution in [-0.2, 0) is 25.6 Å². The molecule has 2 aromatic heterocycles. The highest BCUT2D eigenvalue weighted by Gasteiger charge is 2.30. The molecule has 0 spiro atoms. The van der Waals surface area contributed by atoms with E-state index in [1.165, 1.54) is 11.9 Å². The summed E-state index contributed by atoms with van der Waals surface area (Å²) in [6.07, 6.45) is -0.502.